The van der Waals surface area contributed by atoms with Crippen molar-refractivity contribution in [3.05, 3.63) is 95.8 Å². The fourth-order valence-electron chi connectivity index (χ4n) is 3.98. The molecule has 3 aromatic carbocycles. The molecule has 0 aliphatic carbocycles. The van der Waals surface area contributed by atoms with E-state index in [0.29, 0.717) is 16.7 Å². The van der Waals surface area contributed by atoms with E-state index in [1.54, 1.807) is 11.1 Å². The summed E-state index contributed by atoms with van der Waals surface area (Å²) >= 11 is 1.34. The zero-order valence-corrected chi connectivity index (χ0v) is 22.7. The Hall–Kier alpha value is -4.71. The van der Waals surface area contributed by atoms with Crippen molar-refractivity contribution in [2.24, 2.45) is 10.2 Å². The van der Waals surface area contributed by atoms with E-state index in [2.05, 4.69) is 25.0 Å². The van der Waals surface area contributed by atoms with Crippen LogP contribution < -0.4 is 9.64 Å². The van der Waals surface area contributed by atoms with Crippen molar-refractivity contribution >= 4 is 40.8 Å². The van der Waals surface area contributed by atoms with E-state index in [1.165, 1.54) is 47.0 Å². The predicted octanol–water partition coefficient (Wildman–Crippen LogP) is 6.73. The van der Waals surface area contributed by atoms with Gasteiger partial charge in [0.05, 0.1) is 23.3 Å². The van der Waals surface area contributed by atoms with Crippen molar-refractivity contribution in [3.8, 4) is 22.8 Å². The monoisotopic (exact) mass is 576 g/mol. The summed E-state index contributed by atoms with van der Waals surface area (Å²) in [5, 5.41) is 13.5. The Balaban J connectivity index is 1.28. The molecule has 0 radical (unpaired) electrons. The molecular weight excluding hydrogens is 553 g/mol. The number of ether oxygens (including phenoxy) is 1. The third-order valence-electron chi connectivity index (χ3n) is 5.73. The second kappa shape index (κ2) is 11.8. The minimum atomic E-state index is -4.75. The molecule has 208 valence electrons. The maximum Gasteiger partial charge on any atom is 0.573 e. The molecule has 0 saturated carbocycles. The lowest BCUT2D eigenvalue weighted by Gasteiger charge is -2.18. The van der Waals surface area contributed by atoms with Crippen LogP contribution in [0.15, 0.2) is 94.9 Å². The summed E-state index contributed by atoms with van der Waals surface area (Å²) in [7, 11) is 0. The summed E-state index contributed by atoms with van der Waals surface area (Å²) in [6, 6.07) is 20.3. The van der Waals surface area contributed by atoms with Crippen LogP contribution in [0.4, 0.5) is 18.9 Å². The Bertz CT molecular complexity index is 1640. The number of amides is 1. The molecule has 1 aromatic heterocycles. The zero-order valence-electron chi connectivity index (χ0n) is 21.9. The molecule has 1 aliphatic rings. The number of hydrogen-bond donors (Lipinski definition) is 0. The molecule has 0 N–H and O–H groups in total. The van der Waals surface area contributed by atoms with Gasteiger partial charge in [0.25, 0.3) is 0 Å². The van der Waals surface area contributed by atoms with Crippen LogP contribution in [-0.2, 0) is 4.79 Å². The number of benzene rings is 3. The van der Waals surface area contributed by atoms with Gasteiger partial charge in [-0.25, -0.2) is 9.67 Å². The molecule has 2 heterocycles. The molecule has 8 nitrogen and oxygen atoms in total. The van der Waals surface area contributed by atoms with Gasteiger partial charge in [0.1, 0.15) is 12.1 Å². The van der Waals surface area contributed by atoms with E-state index in [-0.39, 0.29) is 17.4 Å². The molecule has 1 amide bonds. The molecule has 12 heteroatoms. The van der Waals surface area contributed by atoms with E-state index in [0.717, 1.165) is 28.0 Å². The SMILES string of the molecule is CC(C)=Cc1ccccc1N1C(=O)CS/C1=N\N=C\c1ccc(-c2ncn(-c3ccc(OC(F)(F)F)cc3)n2)cc1. The summed E-state index contributed by atoms with van der Waals surface area (Å²) in [6.45, 7) is 4.00. The van der Waals surface area contributed by atoms with E-state index in [1.807, 2.05) is 68.5 Å². The van der Waals surface area contributed by atoms with E-state index >= 15 is 0 Å². The van der Waals surface area contributed by atoms with Crippen LogP contribution in [-0.4, -0.2) is 44.2 Å². The molecule has 0 atom stereocenters. The molecule has 0 bridgehead atoms. The van der Waals surface area contributed by atoms with Gasteiger partial charge in [-0.05, 0) is 55.3 Å². The van der Waals surface area contributed by atoms with Crippen LogP contribution in [0, 0.1) is 0 Å². The first-order valence-electron chi connectivity index (χ1n) is 12.4. The number of carbonyl (C=O) groups is 1. The topological polar surface area (TPSA) is 85.0 Å². The van der Waals surface area contributed by atoms with E-state index in [4.69, 9.17) is 0 Å². The second-order valence-electron chi connectivity index (χ2n) is 9.10. The third-order valence-corrected chi connectivity index (χ3v) is 6.65. The molecule has 0 spiro atoms. The number of allylic oxidation sites excluding steroid dienone is 1. The van der Waals surface area contributed by atoms with Crippen LogP contribution in [0.1, 0.15) is 25.0 Å². The lowest BCUT2D eigenvalue weighted by atomic mass is 10.1. The summed E-state index contributed by atoms with van der Waals surface area (Å²) in [5.41, 5.74) is 4.86. The normalized spacial score (nSPS) is 14.7. The average molecular weight is 577 g/mol. The first-order chi connectivity index (χ1) is 19.7. The van der Waals surface area contributed by atoms with Crippen molar-refractivity contribution in [1.29, 1.82) is 0 Å². The quantitative estimate of drug-likeness (QED) is 0.180. The number of anilines is 1. The second-order valence-corrected chi connectivity index (χ2v) is 10.0. The number of alkyl halides is 3. The molecule has 1 fully saturated rings. The Morgan fingerprint density at radius 1 is 1.02 bits per heavy atom. The van der Waals surface area contributed by atoms with Crippen molar-refractivity contribution < 1.29 is 22.7 Å². The van der Waals surface area contributed by atoms with Gasteiger partial charge in [0.2, 0.25) is 5.91 Å². The average Bonchev–Trinajstić information content (AvgIpc) is 3.56. The first kappa shape index (κ1) is 27.8. The Morgan fingerprint density at radius 3 is 2.46 bits per heavy atom. The van der Waals surface area contributed by atoms with Gasteiger partial charge >= 0.3 is 6.36 Å². The zero-order chi connectivity index (χ0) is 29.0. The highest BCUT2D eigenvalue weighted by Crippen LogP contribution is 2.31. The van der Waals surface area contributed by atoms with Crippen LogP contribution in [0.5, 0.6) is 5.75 Å². The standard InChI is InChI=1S/C29H23F3N6O2S/c1-19(2)15-22-5-3-4-6-25(22)38-26(39)17-41-28(38)35-34-16-20-7-9-21(10-8-20)27-33-18-37(36-27)23-11-13-24(14-12-23)40-29(30,31)32/h3-16,18H,17H2,1-2H3/b34-16+,35-28-. The van der Waals surface area contributed by atoms with Crippen LogP contribution in [0.2, 0.25) is 0 Å². The largest absolute Gasteiger partial charge is 0.573 e. The lowest BCUT2D eigenvalue weighted by Crippen LogP contribution is -2.29. The summed E-state index contributed by atoms with van der Waals surface area (Å²) in [5.74, 6) is 0.358. The maximum absolute atomic E-state index is 12.7. The number of halogens is 3. The van der Waals surface area contributed by atoms with Gasteiger partial charge < -0.3 is 4.74 Å². The van der Waals surface area contributed by atoms with E-state index in [9.17, 15) is 18.0 Å². The molecule has 1 saturated heterocycles. The number of nitrogens with zero attached hydrogens (tertiary/aromatic N) is 6. The molecule has 1 aliphatic heterocycles. The molecular formula is C29H23F3N6O2S. The van der Waals surface area contributed by atoms with E-state index < -0.39 is 6.36 Å². The molecule has 4 aromatic rings. The summed E-state index contributed by atoms with van der Waals surface area (Å²) in [6.07, 6.45) is 0.340. The Labute approximate surface area is 237 Å². The van der Waals surface area contributed by atoms with Crippen molar-refractivity contribution in [2.45, 2.75) is 20.2 Å². The number of aromatic nitrogens is 3. The predicted molar refractivity (Wildman–Crippen MR) is 154 cm³/mol. The number of rotatable bonds is 7. The van der Waals surface area contributed by atoms with Crippen LogP contribution >= 0.6 is 11.8 Å². The summed E-state index contributed by atoms with van der Waals surface area (Å²) < 4.78 is 42.5. The van der Waals surface area contributed by atoms with Gasteiger partial charge in [-0.1, -0.05) is 65.9 Å². The highest BCUT2D eigenvalue weighted by atomic mass is 32.2. The highest BCUT2D eigenvalue weighted by molar-refractivity contribution is 8.15. The van der Waals surface area contributed by atoms with Crippen LogP contribution in [0.3, 0.4) is 0 Å². The molecule has 5 rings (SSSR count). The fourth-order valence-corrected chi connectivity index (χ4v) is 4.80. The van der Waals surface area contributed by atoms with Crippen molar-refractivity contribution in [3.63, 3.8) is 0 Å². The first-order valence-corrected chi connectivity index (χ1v) is 13.3. The lowest BCUT2D eigenvalue weighted by molar-refractivity contribution is -0.274. The van der Waals surface area contributed by atoms with Crippen molar-refractivity contribution in [2.75, 3.05) is 10.7 Å². The van der Waals surface area contributed by atoms with Gasteiger partial charge in [-0.2, -0.15) is 5.10 Å². The smallest absolute Gasteiger partial charge is 0.406 e. The molecule has 41 heavy (non-hydrogen) atoms. The third kappa shape index (κ3) is 6.90. The molecule has 0 unspecified atom stereocenters. The van der Waals surface area contributed by atoms with Gasteiger partial charge in [-0.3, -0.25) is 9.69 Å². The van der Waals surface area contributed by atoms with Crippen molar-refractivity contribution in [1.82, 2.24) is 14.8 Å². The fraction of sp³-hybridized carbons (Fsp3) is 0.138. The summed E-state index contributed by atoms with van der Waals surface area (Å²) in [4.78, 5) is 18.6. The van der Waals surface area contributed by atoms with Gasteiger partial charge in [0.15, 0.2) is 11.0 Å². The number of carbonyl (C=O) groups excluding carboxylic acids is 1. The number of thioether (sulfide) groups is 1. The number of para-hydroxylation sites is 1. The van der Waals surface area contributed by atoms with Crippen LogP contribution in [0.25, 0.3) is 23.2 Å². The maximum atomic E-state index is 12.7. The minimum Gasteiger partial charge on any atom is -0.406 e. The Kier molecular flexibility index (Phi) is 8.02. The van der Waals surface area contributed by atoms with Gasteiger partial charge in [0, 0.05) is 5.56 Å². The number of amidine groups is 1. The minimum absolute atomic E-state index is 0.0552. The Morgan fingerprint density at radius 2 is 1.76 bits per heavy atom. The highest BCUT2D eigenvalue weighted by Gasteiger charge is 2.31. The number of hydrogen-bond acceptors (Lipinski definition) is 7. The van der Waals surface area contributed by atoms with Gasteiger partial charge in [-0.15, -0.1) is 23.4 Å².